The monoisotopic (exact) mass is 267 g/mol. The SMILES string of the molecule is CC(C)c1nnsc1C(=O)NC1CCC(C)(C)C1. The molecule has 1 fully saturated rings. The van der Waals surface area contributed by atoms with Crippen LogP contribution in [-0.2, 0) is 0 Å². The molecule has 1 aromatic rings. The van der Waals surface area contributed by atoms with Gasteiger partial charge in [-0.1, -0.05) is 32.2 Å². The van der Waals surface area contributed by atoms with Crippen molar-refractivity contribution in [2.24, 2.45) is 5.41 Å². The molecule has 0 saturated heterocycles. The topological polar surface area (TPSA) is 54.9 Å². The lowest BCUT2D eigenvalue weighted by atomic mass is 9.92. The van der Waals surface area contributed by atoms with E-state index in [0.29, 0.717) is 16.3 Å². The third kappa shape index (κ3) is 2.88. The molecule has 1 aromatic heterocycles. The van der Waals surface area contributed by atoms with Gasteiger partial charge in [-0.05, 0) is 42.1 Å². The van der Waals surface area contributed by atoms with Gasteiger partial charge in [-0.3, -0.25) is 4.79 Å². The van der Waals surface area contributed by atoms with Crippen molar-refractivity contribution >= 4 is 17.4 Å². The highest BCUT2D eigenvalue weighted by molar-refractivity contribution is 7.08. The summed E-state index contributed by atoms with van der Waals surface area (Å²) in [6, 6.07) is 0.301. The summed E-state index contributed by atoms with van der Waals surface area (Å²) in [5.41, 5.74) is 1.17. The van der Waals surface area contributed by atoms with Gasteiger partial charge in [0, 0.05) is 6.04 Å². The first-order valence-electron chi connectivity index (χ1n) is 6.52. The van der Waals surface area contributed by atoms with Gasteiger partial charge in [0.1, 0.15) is 4.88 Å². The Kier molecular flexibility index (Phi) is 3.71. The zero-order valence-electron chi connectivity index (χ0n) is 11.5. The largest absolute Gasteiger partial charge is 0.348 e. The van der Waals surface area contributed by atoms with Gasteiger partial charge in [0.25, 0.3) is 5.91 Å². The number of hydrogen-bond acceptors (Lipinski definition) is 4. The molecule has 2 rings (SSSR count). The molecule has 1 amide bonds. The van der Waals surface area contributed by atoms with Gasteiger partial charge < -0.3 is 5.32 Å². The zero-order valence-corrected chi connectivity index (χ0v) is 12.3. The minimum absolute atomic E-state index is 0.00333. The fourth-order valence-corrected chi connectivity index (χ4v) is 3.27. The normalized spacial score (nSPS) is 22.4. The van der Waals surface area contributed by atoms with Crippen LogP contribution in [-0.4, -0.2) is 21.5 Å². The van der Waals surface area contributed by atoms with E-state index in [2.05, 4.69) is 28.8 Å². The maximum absolute atomic E-state index is 12.2. The molecule has 1 aliphatic carbocycles. The third-order valence-electron chi connectivity index (χ3n) is 3.57. The molecule has 0 bridgehead atoms. The van der Waals surface area contributed by atoms with Crippen LogP contribution in [0.3, 0.4) is 0 Å². The molecule has 1 unspecified atom stereocenters. The summed E-state index contributed by atoms with van der Waals surface area (Å²) in [4.78, 5) is 12.9. The molecule has 5 heteroatoms. The smallest absolute Gasteiger partial charge is 0.265 e. The number of rotatable bonds is 3. The number of hydrogen-bond donors (Lipinski definition) is 1. The van der Waals surface area contributed by atoms with Crippen LogP contribution in [0.15, 0.2) is 0 Å². The average Bonchev–Trinajstić information content (AvgIpc) is 2.84. The molecule has 0 aliphatic heterocycles. The average molecular weight is 267 g/mol. The van der Waals surface area contributed by atoms with E-state index in [1.165, 1.54) is 18.0 Å². The summed E-state index contributed by atoms with van der Waals surface area (Å²) >= 11 is 1.20. The Balaban J connectivity index is 2.02. The van der Waals surface area contributed by atoms with Gasteiger partial charge in [-0.15, -0.1) is 5.10 Å². The lowest BCUT2D eigenvalue weighted by Crippen LogP contribution is -2.33. The predicted octanol–water partition coefficient (Wildman–Crippen LogP) is 2.97. The predicted molar refractivity (Wildman–Crippen MR) is 72.9 cm³/mol. The Hall–Kier alpha value is -0.970. The van der Waals surface area contributed by atoms with Crippen LogP contribution in [0.1, 0.15) is 68.2 Å². The Morgan fingerprint density at radius 2 is 2.22 bits per heavy atom. The van der Waals surface area contributed by atoms with Crippen LogP contribution < -0.4 is 5.32 Å². The minimum Gasteiger partial charge on any atom is -0.348 e. The second-order valence-electron chi connectivity index (χ2n) is 6.22. The Bertz CT molecular complexity index is 439. The van der Waals surface area contributed by atoms with Gasteiger partial charge in [-0.25, -0.2) is 0 Å². The standard InChI is InChI=1S/C13H21N3OS/c1-8(2)10-11(18-16-15-10)12(17)14-9-5-6-13(3,4)7-9/h8-9H,5-7H2,1-4H3,(H,14,17). The first-order chi connectivity index (χ1) is 8.39. The number of amides is 1. The summed E-state index contributed by atoms with van der Waals surface area (Å²) in [6.45, 7) is 8.58. The molecule has 4 nitrogen and oxygen atoms in total. The Morgan fingerprint density at radius 3 is 2.78 bits per heavy atom. The molecule has 0 radical (unpaired) electrons. The first kappa shape index (κ1) is 13.5. The second kappa shape index (κ2) is 4.96. The Labute approximate surface area is 112 Å². The summed E-state index contributed by atoms with van der Waals surface area (Å²) < 4.78 is 3.90. The molecule has 100 valence electrons. The van der Waals surface area contributed by atoms with Gasteiger partial charge in [-0.2, -0.15) is 0 Å². The lowest BCUT2D eigenvalue weighted by molar-refractivity contribution is 0.0938. The molecular weight excluding hydrogens is 246 g/mol. The molecule has 1 saturated carbocycles. The molecule has 1 aliphatic rings. The van der Waals surface area contributed by atoms with Gasteiger partial charge >= 0.3 is 0 Å². The number of nitrogens with one attached hydrogen (secondary N) is 1. The van der Waals surface area contributed by atoms with Gasteiger partial charge in [0.2, 0.25) is 0 Å². The van der Waals surface area contributed by atoms with Crippen molar-refractivity contribution in [1.29, 1.82) is 0 Å². The van der Waals surface area contributed by atoms with E-state index >= 15 is 0 Å². The maximum atomic E-state index is 12.2. The molecule has 1 atom stereocenters. The van der Waals surface area contributed by atoms with Crippen LogP contribution in [0, 0.1) is 5.41 Å². The zero-order chi connectivity index (χ0) is 13.3. The quantitative estimate of drug-likeness (QED) is 0.916. The van der Waals surface area contributed by atoms with E-state index in [1.54, 1.807) is 0 Å². The molecule has 1 heterocycles. The third-order valence-corrected chi connectivity index (χ3v) is 4.31. The van der Waals surface area contributed by atoms with Gasteiger partial charge in [0.15, 0.2) is 0 Å². The van der Waals surface area contributed by atoms with Crippen molar-refractivity contribution in [2.75, 3.05) is 0 Å². The lowest BCUT2D eigenvalue weighted by Gasteiger charge is -2.17. The summed E-state index contributed by atoms with van der Waals surface area (Å²) in [7, 11) is 0. The molecule has 1 N–H and O–H groups in total. The van der Waals surface area contributed by atoms with Crippen molar-refractivity contribution in [3.05, 3.63) is 10.6 Å². The molecule has 18 heavy (non-hydrogen) atoms. The van der Waals surface area contributed by atoms with E-state index in [4.69, 9.17) is 0 Å². The number of carbonyl (C=O) groups excluding carboxylic acids is 1. The summed E-state index contributed by atoms with van der Waals surface area (Å²) in [5, 5.41) is 7.17. The fourth-order valence-electron chi connectivity index (χ4n) is 2.54. The van der Waals surface area contributed by atoms with Crippen LogP contribution in [0.4, 0.5) is 0 Å². The van der Waals surface area contributed by atoms with E-state index in [-0.39, 0.29) is 11.8 Å². The second-order valence-corrected chi connectivity index (χ2v) is 6.97. The van der Waals surface area contributed by atoms with Crippen LogP contribution >= 0.6 is 11.5 Å². The summed E-state index contributed by atoms with van der Waals surface area (Å²) in [6.07, 6.45) is 3.31. The van der Waals surface area contributed by atoms with Crippen molar-refractivity contribution in [3.8, 4) is 0 Å². The van der Waals surface area contributed by atoms with Crippen LogP contribution in [0.25, 0.3) is 0 Å². The highest BCUT2D eigenvalue weighted by Crippen LogP contribution is 2.37. The number of carbonyl (C=O) groups is 1. The maximum Gasteiger partial charge on any atom is 0.265 e. The molecule has 0 aromatic carbocycles. The summed E-state index contributed by atoms with van der Waals surface area (Å²) in [5.74, 6) is 0.237. The first-order valence-corrected chi connectivity index (χ1v) is 7.29. The van der Waals surface area contributed by atoms with Gasteiger partial charge in [0.05, 0.1) is 5.69 Å². The highest BCUT2D eigenvalue weighted by atomic mass is 32.1. The highest BCUT2D eigenvalue weighted by Gasteiger charge is 2.32. The number of aromatic nitrogens is 2. The van der Waals surface area contributed by atoms with Crippen molar-refractivity contribution in [2.45, 2.75) is 58.9 Å². The molecule has 0 spiro atoms. The Morgan fingerprint density at radius 1 is 1.50 bits per heavy atom. The van der Waals surface area contributed by atoms with Crippen molar-refractivity contribution in [3.63, 3.8) is 0 Å². The van der Waals surface area contributed by atoms with Crippen LogP contribution in [0.2, 0.25) is 0 Å². The van der Waals surface area contributed by atoms with Crippen molar-refractivity contribution in [1.82, 2.24) is 14.9 Å². The van der Waals surface area contributed by atoms with E-state index in [1.807, 2.05) is 13.8 Å². The minimum atomic E-state index is -0.00333. The van der Waals surface area contributed by atoms with Crippen molar-refractivity contribution < 1.29 is 4.79 Å². The van der Waals surface area contributed by atoms with E-state index in [0.717, 1.165) is 18.5 Å². The van der Waals surface area contributed by atoms with Crippen LogP contribution in [0.5, 0.6) is 0 Å². The van der Waals surface area contributed by atoms with E-state index in [9.17, 15) is 4.79 Å². The fraction of sp³-hybridized carbons (Fsp3) is 0.769. The molecular formula is C13H21N3OS. The van der Waals surface area contributed by atoms with E-state index < -0.39 is 0 Å². The number of nitrogens with zero attached hydrogens (tertiary/aromatic N) is 2.